The standard InChI is InChI=1S/C28H33FN6O5/c1-17(25-14-31-33-32-25)34(27(38)40-28(3,4)5)15-19-6-8-20(9-7-19)23-11-10-21(12-24(23)29)35-16-22(39-26(35)37)13-30-18(2)36/h6-12,14,17,22H,13,15-16H2,1-5H3,(H,30,36)(H,31,32,33). The average Bonchev–Trinajstić information content (AvgIpc) is 3.55. The lowest BCUT2D eigenvalue weighted by Gasteiger charge is -2.31. The second-order valence-corrected chi connectivity index (χ2v) is 10.6. The van der Waals surface area contributed by atoms with E-state index in [0.717, 1.165) is 5.56 Å². The van der Waals surface area contributed by atoms with Gasteiger partial charge in [0.1, 0.15) is 23.2 Å². The molecule has 0 spiro atoms. The van der Waals surface area contributed by atoms with Gasteiger partial charge in [-0.3, -0.25) is 14.6 Å². The molecule has 2 unspecified atom stereocenters. The number of aromatic nitrogens is 3. The largest absolute Gasteiger partial charge is 0.444 e. The van der Waals surface area contributed by atoms with E-state index in [2.05, 4.69) is 20.7 Å². The molecule has 1 fully saturated rings. The van der Waals surface area contributed by atoms with E-state index in [9.17, 15) is 14.4 Å². The van der Waals surface area contributed by atoms with Crippen molar-refractivity contribution in [2.45, 2.75) is 58.9 Å². The lowest BCUT2D eigenvalue weighted by Crippen LogP contribution is -2.38. The Bertz CT molecular complexity index is 1360. The van der Waals surface area contributed by atoms with Crippen LogP contribution in [0.2, 0.25) is 0 Å². The molecule has 1 aliphatic rings. The third-order valence-electron chi connectivity index (χ3n) is 6.29. The second-order valence-electron chi connectivity index (χ2n) is 10.6. The van der Waals surface area contributed by atoms with Gasteiger partial charge >= 0.3 is 12.2 Å². The summed E-state index contributed by atoms with van der Waals surface area (Å²) < 4.78 is 26.1. The number of ether oxygens (including phenoxy) is 2. The van der Waals surface area contributed by atoms with Crippen molar-refractivity contribution >= 4 is 23.8 Å². The molecule has 0 aliphatic carbocycles. The molecule has 4 rings (SSSR count). The van der Waals surface area contributed by atoms with Gasteiger partial charge in [-0.25, -0.2) is 14.0 Å². The summed E-state index contributed by atoms with van der Waals surface area (Å²) in [6.45, 7) is 9.25. The minimum atomic E-state index is -0.676. The van der Waals surface area contributed by atoms with Gasteiger partial charge in [-0.05, 0) is 57.0 Å². The number of nitrogens with one attached hydrogen (secondary N) is 2. The summed E-state index contributed by atoms with van der Waals surface area (Å²) in [5, 5.41) is 13.1. The smallest absolute Gasteiger partial charge is 0.414 e. The van der Waals surface area contributed by atoms with Crippen LogP contribution in [-0.4, -0.2) is 63.2 Å². The van der Waals surface area contributed by atoms with Crippen molar-refractivity contribution in [2.24, 2.45) is 0 Å². The maximum absolute atomic E-state index is 15.2. The Labute approximate surface area is 231 Å². The molecule has 3 aromatic rings. The van der Waals surface area contributed by atoms with Gasteiger partial charge < -0.3 is 14.8 Å². The van der Waals surface area contributed by atoms with Gasteiger partial charge in [0, 0.05) is 19.0 Å². The number of rotatable bonds is 8. The summed E-state index contributed by atoms with van der Waals surface area (Å²) in [5.41, 5.74) is 2.08. The number of amides is 3. The van der Waals surface area contributed by atoms with Gasteiger partial charge in [0.2, 0.25) is 5.91 Å². The summed E-state index contributed by atoms with van der Waals surface area (Å²) in [6.07, 6.45) is -0.0450. The first-order chi connectivity index (χ1) is 18.9. The second kappa shape index (κ2) is 11.7. The zero-order chi connectivity index (χ0) is 29.0. The van der Waals surface area contributed by atoms with E-state index in [1.165, 1.54) is 17.9 Å². The van der Waals surface area contributed by atoms with Gasteiger partial charge in [-0.15, -0.1) is 0 Å². The van der Waals surface area contributed by atoms with Crippen molar-refractivity contribution in [1.82, 2.24) is 25.6 Å². The molecule has 1 aromatic heterocycles. The van der Waals surface area contributed by atoms with Gasteiger partial charge in [0.25, 0.3) is 0 Å². The van der Waals surface area contributed by atoms with Crippen molar-refractivity contribution in [3.63, 3.8) is 0 Å². The number of hydrogen-bond acceptors (Lipinski definition) is 7. The van der Waals surface area contributed by atoms with Gasteiger partial charge in [0.15, 0.2) is 0 Å². The fourth-order valence-corrected chi connectivity index (χ4v) is 4.24. The molecule has 3 amide bonds. The van der Waals surface area contributed by atoms with Crippen LogP contribution in [0.3, 0.4) is 0 Å². The minimum absolute atomic E-state index is 0.188. The zero-order valence-corrected chi connectivity index (χ0v) is 23.1. The summed E-state index contributed by atoms with van der Waals surface area (Å²) in [7, 11) is 0. The number of nitrogens with zero attached hydrogens (tertiary/aromatic N) is 4. The summed E-state index contributed by atoms with van der Waals surface area (Å²) in [5.74, 6) is -0.726. The number of halogens is 1. The minimum Gasteiger partial charge on any atom is -0.444 e. The quantitative estimate of drug-likeness (QED) is 0.419. The Morgan fingerprint density at radius 1 is 1.25 bits per heavy atom. The van der Waals surface area contributed by atoms with E-state index in [1.807, 2.05) is 19.1 Å². The Balaban J connectivity index is 1.48. The monoisotopic (exact) mass is 552 g/mol. The van der Waals surface area contributed by atoms with E-state index in [4.69, 9.17) is 9.47 Å². The molecule has 0 saturated carbocycles. The summed E-state index contributed by atoms with van der Waals surface area (Å²) in [6, 6.07) is 11.3. The van der Waals surface area contributed by atoms with Crippen LogP contribution >= 0.6 is 0 Å². The molecule has 0 radical (unpaired) electrons. The first kappa shape index (κ1) is 28.5. The topological polar surface area (TPSA) is 130 Å². The predicted molar refractivity (Wildman–Crippen MR) is 145 cm³/mol. The van der Waals surface area contributed by atoms with E-state index < -0.39 is 35.8 Å². The average molecular weight is 553 g/mol. The van der Waals surface area contributed by atoms with Crippen LogP contribution in [0.25, 0.3) is 11.1 Å². The molecule has 212 valence electrons. The lowest BCUT2D eigenvalue weighted by atomic mass is 10.0. The maximum atomic E-state index is 15.2. The van der Waals surface area contributed by atoms with Gasteiger partial charge in [-0.2, -0.15) is 15.4 Å². The fraction of sp³-hybridized carbons (Fsp3) is 0.393. The molecule has 2 aromatic carbocycles. The third kappa shape index (κ3) is 6.93. The number of anilines is 1. The fourth-order valence-electron chi connectivity index (χ4n) is 4.24. The molecule has 1 aliphatic heterocycles. The van der Waals surface area contributed by atoms with Crippen molar-refractivity contribution in [3.05, 3.63) is 65.7 Å². The number of H-pyrrole nitrogens is 1. The van der Waals surface area contributed by atoms with Crippen LogP contribution in [0.15, 0.2) is 48.7 Å². The Kier molecular flexibility index (Phi) is 8.36. The maximum Gasteiger partial charge on any atom is 0.414 e. The summed E-state index contributed by atoms with van der Waals surface area (Å²) in [4.78, 5) is 39.3. The highest BCUT2D eigenvalue weighted by Gasteiger charge is 2.33. The number of benzene rings is 2. The van der Waals surface area contributed by atoms with Gasteiger partial charge in [-0.1, -0.05) is 24.3 Å². The molecule has 0 bridgehead atoms. The number of cyclic esters (lactones) is 1. The van der Waals surface area contributed by atoms with E-state index in [0.29, 0.717) is 22.5 Å². The third-order valence-corrected chi connectivity index (χ3v) is 6.29. The zero-order valence-electron chi connectivity index (χ0n) is 23.1. The van der Waals surface area contributed by atoms with Crippen LogP contribution in [0.1, 0.15) is 51.9 Å². The molecule has 1 saturated heterocycles. The van der Waals surface area contributed by atoms with Crippen molar-refractivity contribution in [2.75, 3.05) is 18.0 Å². The highest BCUT2D eigenvalue weighted by Crippen LogP contribution is 2.30. The number of carbonyl (C=O) groups excluding carboxylic acids is 3. The van der Waals surface area contributed by atoms with E-state index in [1.54, 1.807) is 56.1 Å². The van der Waals surface area contributed by atoms with E-state index in [-0.39, 0.29) is 25.5 Å². The van der Waals surface area contributed by atoms with Gasteiger partial charge in [0.05, 0.1) is 31.0 Å². The lowest BCUT2D eigenvalue weighted by molar-refractivity contribution is -0.119. The van der Waals surface area contributed by atoms with E-state index >= 15 is 4.39 Å². The molecule has 2 N–H and O–H groups in total. The Morgan fingerprint density at radius 3 is 2.58 bits per heavy atom. The van der Waals surface area contributed by atoms with Crippen molar-refractivity contribution in [1.29, 1.82) is 0 Å². The van der Waals surface area contributed by atoms with Crippen LogP contribution in [-0.2, 0) is 20.8 Å². The summed E-state index contributed by atoms with van der Waals surface area (Å²) >= 11 is 0. The molecule has 40 heavy (non-hydrogen) atoms. The molecule has 11 nitrogen and oxygen atoms in total. The Hall–Kier alpha value is -4.48. The predicted octanol–water partition coefficient (Wildman–Crippen LogP) is 4.57. The molecule has 2 heterocycles. The number of aromatic amines is 1. The number of hydrogen-bond donors (Lipinski definition) is 2. The molecular weight excluding hydrogens is 519 g/mol. The van der Waals surface area contributed by atoms with Crippen LogP contribution < -0.4 is 10.2 Å². The SMILES string of the molecule is CC(=O)NCC1CN(c2ccc(-c3ccc(CN(C(=O)OC(C)(C)C)C(C)c4cn[nH]n4)cc3)c(F)c2)C(=O)O1. The number of carbonyl (C=O) groups is 3. The highest BCUT2D eigenvalue weighted by molar-refractivity contribution is 5.90. The highest BCUT2D eigenvalue weighted by atomic mass is 19.1. The van der Waals surface area contributed by atoms with Crippen LogP contribution in [0, 0.1) is 5.82 Å². The first-order valence-electron chi connectivity index (χ1n) is 12.9. The van der Waals surface area contributed by atoms with Crippen LogP contribution in [0.4, 0.5) is 19.7 Å². The first-order valence-corrected chi connectivity index (χ1v) is 12.9. The van der Waals surface area contributed by atoms with Crippen molar-refractivity contribution in [3.8, 4) is 11.1 Å². The Morgan fingerprint density at radius 2 is 1.98 bits per heavy atom. The molecular formula is C28H33FN6O5. The molecule has 12 heteroatoms. The molecule has 2 atom stereocenters. The van der Waals surface area contributed by atoms with Crippen LogP contribution in [0.5, 0.6) is 0 Å². The normalized spacial score (nSPS) is 15.9. The van der Waals surface area contributed by atoms with Crippen molar-refractivity contribution < 1.29 is 28.2 Å².